The number of carbonyl (C=O) groups excluding carboxylic acids is 2. The van der Waals surface area contributed by atoms with Crippen molar-refractivity contribution >= 4 is 40.0 Å². The molecule has 2 aromatic heterocycles. The first kappa shape index (κ1) is 24.0. The molecule has 0 bridgehead atoms. The molecule has 1 fully saturated rings. The van der Waals surface area contributed by atoms with Crippen molar-refractivity contribution in [1.82, 2.24) is 20.2 Å². The fourth-order valence-electron chi connectivity index (χ4n) is 4.39. The molecule has 1 aliphatic rings. The largest absolute Gasteiger partial charge is 0.384 e. The summed E-state index contributed by atoms with van der Waals surface area (Å²) in [5.41, 5.74) is 2.32. The third-order valence-corrected chi connectivity index (χ3v) is 6.38. The predicted octanol–water partition coefficient (Wildman–Crippen LogP) is 4.68. The summed E-state index contributed by atoms with van der Waals surface area (Å²) in [4.78, 5) is 35.8. The number of pyridine rings is 2. The summed E-state index contributed by atoms with van der Waals surface area (Å²) < 4.78 is 0. The number of fused-ring (bicyclic) bond motifs is 1. The molecule has 3 aromatic rings. The third-order valence-electron chi connectivity index (χ3n) is 6.14. The van der Waals surface area contributed by atoms with Crippen molar-refractivity contribution < 1.29 is 9.59 Å². The Hall–Kier alpha value is -3.19. The number of aromatic nitrogens is 2. The Labute approximate surface area is 204 Å². The molecule has 2 amide bonds. The molecule has 0 atom stereocenters. The van der Waals surface area contributed by atoms with Gasteiger partial charge in [-0.3, -0.25) is 19.6 Å². The van der Waals surface area contributed by atoms with Crippen LogP contribution in [-0.4, -0.2) is 52.4 Å². The molecule has 178 valence electrons. The number of carbonyl (C=O) groups is 2. The van der Waals surface area contributed by atoms with E-state index in [1.165, 1.54) is 6.42 Å². The summed E-state index contributed by atoms with van der Waals surface area (Å²) in [6.45, 7) is 1.15. The van der Waals surface area contributed by atoms with Gasteiger partial charge in [0.1, 0.15) is 0 Å². The van der Waals surface area contributed by atoms with Gasteiger partial charge in [-0.25, -0.2) is 0 Å². The van der Waals surface area contributed by atoms with Gasteiger partial charge >= 0.3 is 0 Å². The minimum absolute atomic E-state index is 0.0499. The Morgan fingerprint density at radius 1 is 1.03 bits per heavy atom. The Bertz CT molecular complexity index is 1120. The number of nitrogens with zero attached hydrogens (tertiary/aromatic N) is 3. The summed E-state index contributed by atoms with van der Waals surface area (Å²) in [6.07, 6.45) is 11.2. The van der Waals surface area contributed by atoms with E-state index in [-0.39, 0.29) is 24.4 Å². The summed E-state index contributed by atoms with van der Waals surface area (Å²) in [5.74, 6) is -0.260. The minimum atomic E-state index is -0.162. The van der Waals surface area contributed by atoms with Crippen LogP contribution in [0.3, 0.4) is 0 Å². The summed E-state index contributed by atoms with van der Waals surface area (Å²) in [6, 6.07) is 11.1. The van der Waals surface area contributed by atoms with E-state index in [1.54, 1.807) is 35.6 Å². The number of anilines is 1. The van der Waals surface area contributed by atoms with Crippen LogP contribution >= 0.6 is 11.6 Å². The lowest BCUT2D eigenvalue weighted by atomic mass is 9.95. The topological polar surface area (TPSA) is 87.2 Å². The van der Waals surface area contributed by atoms with E-state index < -0.39 is 0 Å². The number of amides is 2. The van der Waals surface area contributed by atoms with E-state index in [1.807, 2.05) is 24.3 Å². The van der Waals surface area contributed by atoms with Crippen LogP contribution in [0.15, 0.2) is 55.0 Å². The van der Waals surface area contributed by atoms with Crippen LogP contribution in [0.4, 0.5) is 5.69 Å². The van der Waals surface area contributed by atoms with Gasteiger partial charge in [0.2, 0.25) is 5.91 Å². The highest BCUT2D eigenvalue weighted by Gasteiger charge is 2.21. The predicted molar refractivity (Wildman–Crippen MR) is 135 cm³/mol. The van der Waals surface area contributed by atoms with E-state index in [0.29, 0.717) is 30.1 Å². The van der Waals surface area contributed by atoms with Gasteiger partial charge < -0.3 is 15.5 Å². The number of halogens is 1. The lowest BCUT2D eigenvalue weighted by Gasteiger charge is -2.26. The van der Waals surface area contributed by atoms with Gasteiger partial charge in [-0.2, -0.15) is 0 Å². The highest BCUT2D eigenvalue weighted by Crippen LogP contribution is 2.24. The fraction of sp³-hybridized carbons (Fsp3) is 0.385. The molecule has 2 heterocycles. The van der Waals surface area contributed by atoms with Crippen LogP contribution in [0.2, 0.25) is 5.02 Å². The molecule has 8 heteroatoms. The zero-order chi connectivity index (χ0) is 23.8. The standard InChI is InChI=1S/C26H30ClN5O2/c27-20-7-8-22-23(11-15-30-24(22)17-20)29-12-4-16-32(26(34)19-9-13-28-14-10-19)18-25(33)31-21-5-2-1-3-6-21/h7-11,13-15,17,21H,1-6,12,16,18H2,(H,29,30)(H,31,33). The number of benzene rings is 1. The molecule has 34 heavy (non-hydrogen) atoms. The number of nitrogens with one attached hydrogen (secondary N) is 2. The minimum Gasteiger partial charge on any atom is -0.384 e. The number of rotatable bonds is 9. The third kappa shape index (κ3) is 6.44. The van der Waals surface area contributed by atoms with Gasteiger partial charge in [0.05, 0.1) is 12.1 Å². The first-order valence-corrected chi connectivity index (χ1v) is 12.2. The Morgan fingerprint density at radius 2 is 1.82 bits per heavy atom. The van der Waals surface area contributed by atoms with Gasteiger partial charge in [-0.1, -0.05) is 30.9 Å². The van der Waals surface area contributed by atoms with Crippen molar-refractivity contribution in [2.24, 2.45) is 0 Å². The van der Waals surface area contributed by atoms with Crippen molar-refractivity contribution in [3.05, 3.63) is 65.6 Å². The molecule has 0 aliphatic heterocycles. The smallest absolute Gasteiger partial charge is 0.254 e. The van der Waals surface area contributed by atoms with Gasteiger partial charge in [-0.05, 0) is 55.7 Å². The van der Waals surface area contributed by atoms with Crippen molar-refractivity contribution in [3.63, 3.8) is 0 Å². The van der Waals surface area contributed by atoms with Crippen molar-refractivity contribution in [1.29, 1.82) is 0 Å². The molecular formula is C26H30ClN5O2. The first-order valence-electron chi connectivity index (χ1n) is 11.9. The molecule has 0 radical (unpaired) electrons. The van der Waals surface area contributed by atoms with Crippen molar-refractivity contribution in [3.8, 4) is 0 Å². The average Bonchev–Trinajstić information content (AvgIpc) is 2.86. The zero-order valence-electron chi connectivity index (χ0n) is 19.2. The van der Waals surface area contributed by atoms with Crippen LogP contribution < -0.4 is 10.6 Å². The molecule has 2 N–H and O–H groups in total. The first-order chi connectivity index (χ1) is 16.6. The van der Waals surface area contributed by atoms with Gasteiger partial charge in [0, 0.05) is 59.4 Å². The molecule has 7 nitrogen and oxygen atoms in total. The van der Waals surface area contributed by atoms with E-state index in [0.717, 1.165) is 42.3 Å². The maximum Gasteiger partial charge on any atom is 0.254 e. The molecule has 4 rings (SSSR count). The Morgan fingerprint density at radius 3 is 2.62 bits per heavy atom. The number of hydrogen-bond donors (Lipinski definition) is 2. The molecule has 0 unspecified atom stereocenters. The van der Waals surface area contributed by atoms with Crippen LogP contribution in [0.5, 0.6) is 0 Å². The zero-order valence-corrected chi connectivity index (χ0v) is 19.9. The monoisotopic (exact) mass is 479 g/mol. The average molecular weight is 480 g/mol. The van der Waals surface area contributed by atoms with Crippen LogP contribution in [-0.2, 0) is 4.79 Å². The molecule has 1 aromatic carbocycles. The van der Waals surface area contributed by atoms with E-state index in [2.05, 4.69) is 20.6 Å². The highest BCUT2D eigenvalue weighted by molar-refractivity contribution is 6.31. The van der Waals surface area contributed by atoms with Crippen LogP contribution in [0.1, 0.15) is 48.9 Å². The second kappa shape index (κ2) is 11.8. The SMILES string of the molecule is O=C(CN(CCCNc1ccnc2cc(Cl)ccc12)C(=O)c1ccncc1)NC1CCCCC1. The quantitative estimate of drug-likeness (QED) is 0.435. The molecule has 1 saturated carbocycles. The van der Waals surface area contributed by atoms with Crippen molar-refractivity contribution in [2.45, 2.75) is 44.6 Å². The molecule has 1 aliphatic carbocycles. The van der Waals surface area contributed by atoms with E-state index in [9.17, 15) is 9.59 Å². The lowest BCUT2D eigenvalue weighted by Crippen LogP contribution is -2.45. The van der Waals surface area contributed by atoms with E-state index in [4.69, 9.17) is 11.6 Å². The Balaban J connectivity index is 1.37. The number of hydrogen-bond acceptors (Lipinski definition) is 5. The van der Waals surface area contributed by atoms with Gasteiger partial charge in [-0.15, -0.1) is 0 Å². The maximum atomic E-state index is 13.1. The fourth-order valence-corrected chi connectivity index (χ4v) is 4.56. The lowest BCUT2D eigenvalue weighted by molar-refractivity contribution is -0.122. The van der Waals surface area contributed by atoms with Crippen molar-refractivity contribution in [2.75, 3.05) is 25.0 Å². The molecule has 0 saturated heterocycles. The normalized spacial score (nSPS) is 14.0. The van der Waals surface area contributed by atoms with Gasteiger partial charge in [0.15, 0.2) is 0 Å². The van der Waals surface area contributed by atoms with Crippen LogP contribution in [0, 0.1) is 0 Å². The summed E-state index contributed by atoms with van der Waals surface area (Å²) in [7, 11) is 0. The maximum absolute atomic E-state index is 13.1. The Kier molecular flexibility index (Phi) is 8.31. The second-order valence-corrected chi connectivity index (χ2v) is 9.10. The summed E-state index contributed by atoms with van der Waals surface area (Å²) >= 11 is 6.08. The molecular weight excluding hydrogens is 450 g/mol. The van der Waals surface area contributed by atoms with Crippen LogP contribution in [0.25, 0.3) is 10.9 Å². The highest BCUT2D eigenvalue weighted by atomic mass is 35.5. The summed E-state index contributed by atoms with van der Waals surface area (Å²) in [5, 5.41) is 8.18. The van der Waals surface area contributed by atoms with E-state index >= 15 is 0 Å². The molecule has 0 spiro atoms. The second-order valence-electron chi connectivity index (χ2n) is 8.67. The van der Waals surface area contributed by atoms with Gasteiger partial charge in [0.25, 0.3) is 5.91 Å².